The van der Waals surface area contributed by atoms with Crippen molar-refractivity contribution in [2.24, 2.45) is 0 Å². The number of terminal acetylenes is 1. The summed E-state index contributed by atoms with van der Waals surface area (Å²) in [4.78, 5) is 22.5. The van der Waals surface area contributed by atoms with Crippen LogP contribution in [0.4, 0.5) is 17.6 Å². The molecule has 21 heavy (non-hydrogen) atoms. The van der Waals surface area contributed by atoms with E-state index in [1.165, 1.54) is 0 Å². The topological polar surface area (TPSA) is 66.4 Å². The number of halogens is 4. The normalized spacial score (nSPS) is 12.3. The molecule has 1 amide bonds. The number of carbonyl (C=O) groups is 2. The van der Waals surface area contributed by atoms with Crippen LogP contribution in [-0.4, -0.2) is 23.0 Å². The molecule has 2 N–H and O–H groups in total. The first-order valence-electron chi connectivity index (χ1n) is 5.50. The first-order valence-corrected chi connectivity index (χ1v) is 5.50. The van der Waals surface area contributed by atoms with Gasteiger partial charge in [-0.3, -0.25) is 4.79 Å². The van der Waals surface area contributed by atoms with Crippen LogP contribution in [0.3, 0.4) is 0 Å². The van der Waals surface area contributed by atoms with Crippen molar-refractivity contribution in [3.05, 3.63) is 35.1 Å². The number of aliphatic carboxylic acids is 1. The van der Waals surface area contributed by atoms with Crippen molar-refractivity contribution in [1.29, 1.82) is 0 Å². The molecule has 0 bridgehead atoms. The van der Waals surface area contributed by atoms with Crippen LogP contribution in [0.15, 0.2) is 18.2 Å². The van der Waals surface area contributed by atoms with Crippen molar-refractivity contribution in [2.75, 3.05) is 0 Å². The number of hydrogen-bond acceptors (Lipinski definition) is 2. The lowest BCUT2D eigenvalue weighted by Crippen LogP contribution is -2.40. The minimum absolute atomic E-state index is 0.305. The third-order valence-corrected chi connectivity index (χ3v) is 2.46. The minimum Gasteiger partial charge on any atom is -0.480 e. The van der Waals surface area contributed by atoms with E-state index >= 15 is 0 Å². The van der Waals surface area contributed by atoms with Gasteiger partial charge in [0.1, 0.15) is 11.9 Å². The summed E-state index contributed by atoms with van der Waals surface area (Å²) in [6.45, 7) is 0. The van der Waals surface area contributed by atoms with E-state index in [4.69, 9.17) is 11.5 Å². The summed E-state index contributed by atoms with van der Waals surface area (Å²) in [6, 6.07) is -0.257. The first-order chi connectivity index (χ1) is 9.66. The van der Waals surface area contributed by atoms with E-state index in [0.717, 1.165) is 0 Å². The molecule has 1 aromatic rings. The maximum Gasteiger partial charge on any atom is 0.416 e. The zero-order valence-electron chi connectivity index (χ0n) is 10.4. The molecular weight excluding hydrogens is 294 g/mol. The highest BCUT2D eigenvalue weighted by Crippen LogP contribution is 2.30. The van der Waals surface area contributed by atoms with E-state index in [1.807, 2.05) is 11.2 Å². The lowest BCUT2D eigenvalue weighted by atomic mass is 10.1. The summed E-state index contributed by atoms with van der Waals surface area (Å²) in [5.74, 6) is -1.99. The molecule has 1 unspecified atom stereocenters. The number of amides is 1. The molecule has 1 rings (SSSR count). The number of alkyl halides is 3. The second kappa shape index (κ2) is 6.26. The monoisotopic (exact) mass is 303 g/mol. The van der Waals surface area contributed by atoms with E-state index in [2.05, 4.69) is 0 Å². The van der Waals surface area contributed by atoms with Crippen molar-refractivity contribution < 1.29 is 32.3 Å². The summed E-state index contributed by atoms with van der Waals surface area (Å²) in [5, 5.41) is 10.6. The third kappa shape index (κ3) is 4.21. The van der Waals surface area contributed by atoms with Gasteiger partial charge in [0.2, 0.25) is 0 Å². The number of carbonyl (C=O) groups excluding carboxylic acids is 1. The molecule has 0 fully saturated rings. The molecule has 112 valence electrons. The fourth-order valence-electron chi connectivity index (χ4n) is 1.43. The van der Waals surface area contributed by atoms with Crippen LogP contribution in [0, 0.1) is 18.2 Å². The van der Waals surface area contributed by atoms with Crippen molar-refractivity contribution in [1.82, 2.24) is 5.32 Å². The Labute approximate surface area is 116 Å². The number of hydrogen-bond donors (Lipinski definition) is 2. The van der Waals surface area contributed by atoms with Gasteiger partial charge in [-0.1, -0.05) is 0 Å². The highest BCUT2D eigenvalue weighted by Gasteiger charge is 2.32. The summed E-state index contributed by atoms with van der Waals surface area (Å²) in [6.07, 6.45) is -0.238. The van der Waals surface area contributed by atoms with Crippen LogP contribution in [-0.2, 0) is 11.0 Å². The van der Waals surface area contributed by atoms with Crippen molar-refractivity contribution >= 4 is 11.9 Å². The van der Waals surface area contributed by atoms with E-state index in [1.54, 1.807) is 0 Å². The Hall–Kier alpha value is -2.56. The molecular formula is C13H9F4NO3. The molecule has 0 aliphatic rings. The van der Waals surface area contributed by atoms with Gasteiger partial charge >= 0.3 is 12.1 Å². The minimum atomic E-state index is -4.76. The Morgan fingerprint density at radius 3 is 2.48 bits per heavy atom. The first kappa shape index (κ1) is 16.5. The summed E-state index contributed by atoms with van der Waals surface area (Å²) in [7, 11) is 0. The standard InChI is InChI=1S/C13H9F4NO3/c1-2-3-10(12(20)21)18-11(19)8-6-7(13(15,16)17)4-5-9(8)14/h1,4-6,10H,3H2,(H,18,19)(H,20,21). The molecule has 1 aromatic carbocycles. The SMILES string of the molecule is C#CCC(NC(=O)c1cc(C(F)(F)F)ccc1F)C(=O)O. The van der Waals surface area contributed by atoms with E-state index in [9.17, 15) is 27.2 Å². The highest BCUT2D eigenvalue weighted by atomic mass is 19.4. The molecule has 0 aliphatic carbocycles. The van der Waals surface area contributed by atoms with Gasteiger partial charge < -0.3 is 10.4 Å². The van der Waals surface area contributed by atoms with Crippen LogP contribution in [0.25, 0.3) is 0 Å². The zero-order chi connectivity index (χ0) is 16.2. The highest BCUT2D eigenvalue weighted by molar-refractivity contribution is 5.97. The predicted octanol–water partition coefficient (Wildman–Crippen LogP) is 2.05. The largest absolute Gasteiger partial charge is 0.480 e. The van der Waals surface area contributed by atoms with Gasteiger partial charge in [-0.2, -0.15) is 13.2 Å². The number of carboxylic acids is 1. The second-order valence-corrected chi connectivity index (χ2v) is 3.96. The van der Waals surface area contributed by atoms with E-state index in [-0.39, 0.29) is 6.42 Å². The fraction of sp³-hybridized carbons (Fsp3) is 0.231. The average Bonchev–Trinajstić information content (AvgIpc) is 2.36. The van der Waals surface area contributed by atoms with Gasteiger partial charge in [0.25, 0.3) is 5.91 Å². The summed E-state index contributed by atoms with van der Waals surface area (Å²) >= 11 is 0. The van der Waals surface area contributed by atoms with Crippen molar-refractivity contribution in [2.45, 2.75) is 18.6 Å². The van der Waals surface area contributed by atoms with E-state index < -0.39 is 41.0 Å². The summed E-state index contributed by atoms with van der Waals surface area (Å²) in [5.41, 5.74) is -2.13. The predicted molar refractivity (Wildman–Crippen MR) is 63.7 cm³/mol. The van der Waals surface area contributed by atoms with Crippen LogP contribution >= 0.6 is 0 Å². The van der Waals surface area contributed by atoms with Crippen LogP contribution < -0.4 is 5.32 Å². The molecule has 0 saturated carbocycles. The van der Waals surface area contributed by atoms with E-state index in [0.29, 0.717) is 18.2 Å². The molecule has 4 nitrogen and oxygen atoms in total. The molecule has 0 aromatic heterocycles. The van der Waals surface area contributed by atoms with Gasteiger partial charge in [-0.15, -0.1) is 12.3 Å². The molecule has 0 heterocycles. The van der Waals surface area contributed by atoms with Gasteiger partial charge in [-0.05, 0) is 18.2 Å². The molecule has 0 saturated heterocycles. The Morgan fingerprint density at radius 2 is 2.00 bits per heavy atom. The molecule has 0 spiro atoms. The average molecular weight is 303 g/mol. The number of rotatable bonds is 4. The van der Waals surface area contributed by atoms with Gasteiger partial charge in [0.05, 0.1) is 11.1 Å². The smallest absolute Gasteiger partial charge is 0.416 e. The Balaban J connectivity index is 3.07. The quantitative estimate of drug-likeness (QED) is 0.661. The number of benzene rings is 1. The Morgan fingerprint density at radius 1 is 1.38 bits per heavy atom. The molecule has 0 radical (unpaired) electrons. The third-order valence-electron chi connectivity index (χ3n) is 2.46. The molecule has 1 atom stereocenters. The van der Waals surface area contributed by atoms with Crippen LogP contribution in [0.1, 0.15) is 22.3 Å². The Kier molecular flexibility index (Phi) is 4.92. The lowest BCUT2D eigenvalue weighted by Gasteiger charge is -2.13. The maximum atomic E-state index is 13.4. The zero-order valence-corrected chi connectivity index (χ0v) is 10.4. The number of carboxylic acid groups (broad SMARTS) is 1. The maximum absolute atomic E-state index is 13.4. The molecule has 8 heteroatoms. The number of nitrogens with one attached hydrogen (secondary N) is 1. The van der Waals surface area contributed by atoms with Gasteiger partial charge in [-0.25, -0.2) is 9.18 Å². The van der Waals surface area contributed by atoms with Crippen molar-refractivity contribution in [3.63, 3.8) is 0 Å². The lowest BCUT2D eigenvalue weighted by molar-refractivity contribution is -0.139. The van der Waals surface area contributed by atoms with Gasteiger partial charge in [0, 0.05) is 6.42 Å². The van der Waals surface area contributed by atoms with Gasteiger partial charge in [0.15, 0.2) is 0 Å². The van der Waals surface area contributed by atoms with Crippen molar-refractivity contribution in [3.8, 4) is 12.3 Å². The summed E-state index contributed by atoms with van der Waals surface area (Å²) < 4.78 is 50.9. The molecule has 0 aliphatic heterocycles. The fourth-order valence-corrected chi connectivity index (χ4v) is 1.43. The van der Waals surface area contributed by atoms with Crippen LogP contribution in [0.5, 0.6) is 0 Å². The Bertz CT molecular complexity index is 604. The van der Waals surface area contributed by atoms with Crippen LogP contribution in [0.2, 0.25) is 0 Å². The second-order valence-electron chi connectivity index (χ2n) is 3.96.